The lowest BCUT2D eigenvalue weighted by Gasteiger charge is -2.07. The highest BCUT2D eigenvalue weighted by Gasteiger charge is 2.12. The van der Waals surface area contributed by atoms with Crippen LogP contribution >= 0.6 is 0 Å². The number of carbonyl (C=O) groups is 1. The minimum Gasteiger partial charge on any atom is -0.398 e. The van der Waals surface area contributed by atoms with E-state index in [1.165, 1.54) is 0 Å². The van der Waals surface area contributed by atoms with Crippen LogP contribution in [0, 0.1) is 0 Å². The molecule has 0 saturated carbocycles. The quantitative estimate of drug-likeness (QED) is 0.438. The minimum absolute atomic E-state index is 0.364. The SMILES string of the molecule is Nc1ccccc1C(=O)NN=C(c1ccccn1)c1ccccn1. The van der Waals surface area contributed by atoms with Gasteiger partial charge in [0, 0.05) is 18.1 Å². The molecule has 3 aromatic rings. The van der Waals surface area contributed by atoms with Gasteiger partial charge in [-0.3, -0.25) is 14.8 Å². The summed E-state index contributed by atoms with van der Waals surface area (Å²) in [5.41, 5.74) is 10.8. The van der Waals surface area contributed by atoms with Crippen LogP contribution in [0.2, 0.25) is 0 Å². The molecule has 0 bridgehead atoms. The maximum Gasteiger partial charge on any atom is 0.273 e. The molecule has 3 N–H and O–H groups in total. The summed E-state index contributed by atoms with van der Waals surface area (Å²) in [5.74, 6) is -0.391. The van der Waals surface area contributed by atoms with Crippen LogP contribution in [0.15, 0.2) is 78.2 Å². The van der Waals surface area contributed by atoms with Gasteiger partial charge in [0.1, 0.15) is 5.71 Å². The number of nitrogen functional groups attached to an aromatic ring is 1. The van der Waals surface area contributed by atoms with E-state index in [9.17, 15) is 4.79 Å². The summed E-state index contributed by atoms with van der Waals surface area (Å²) in [7, 11) is 0. The van der Waals surface area contributed by atoms with E-state index in [0.717, 1.165) is 0 Å². The lowest BCUT2D eigenvalue weighted by Crippen LogP contribution is -2.22. The maximum atomic E-state index is 12.3. The minimum atomic E-state index is -0.391. The molecule has 6 heteroatoms. The molecule has 0 atom stereocenters. The molecule has 0 fully saturated rings. The number of benzene rings is 1. The van der Waals surface area contributed by atoms with Gasteiger partial charge in [-0.2, -0.15) is 5.10 Å². The van der Waals surface area contributed by atoms with Crippen LogP contribution in [0.3, 0.4) is 0 Å². The lowest BCUT2D eigenvalue weighted by molar-refractivity contribution is 0.0956. The van der Waals surface area contributed by atoms with Gasteiger partial charge in [-0.05, 0) is 36.4 Å². The van der Waals surface area contributed by atoms with Gasteiger partial charge in [0.05, 0.1) is 17.0 Å². The van der Waals surface area contributed by atoms with E-state index in [-0.39, 0.29) is 0 Å². The van der Waals surface area contributed by atoms with Crippen LogP contribution in [-0.4, -0.2) is 21.6 Å². The van der Waals surface area contributed by atoms with Gasteiger partial charge in [-0.25, -0.2) is 5.43 Å². The van der Waals surface area contributed by atoms with E-state index in [4.69, 9.17) is 5.73 Å². The summed E-state index contributed by atoms with van der Waals surface area (Å²) in [5, 5.41) is 4.22. The van der Waals surface area contributed by atoms with Crippen molar-refractivity contribution in [3.8, 4) is 0 Å². The fourth-order valence-corrected chi connectivity index (χ4v) is 2.12. The number of nitrogens with one attached hydrogen (secondary N) is 1. The Morgan fingerprint density at radius 3 is 2.00 bits per heavy atom. The molecule has 1 amide bonds. The summed E-state index contributed by atoms with van der Waals surface area (Å²) in [6.45, 7) is 0. The Morgan fingerprint density at radius 2 is 1.46 bits per heavy atom. The zero-order valence-corrected chi connectivity index (χ0v) is 12.8. The summed E-state index contributed by atoms with van der Waals surface area (Å²) in [6, 6.07) is 17.7. The molecule has 0 aliphatic carbocycles. The normalized spacial score (nSPS) is 10.0. The topological polar surface area (TPSA) is 93.3 Å². The largest absolute Gasteiger partial charge is 0.398 e. The van der Waals surface area contributed by atoms with Crippen molar-refractivity contribution >= 4 is 17.3 Å². The van der Waals surface area contributed by atoms with Gasteiger partial charge >= 0.3 is 0 Å². The molecular formula is C18H15N5O. The molecule has 3 rings (SSSR count). The standard InChI is InChI=1S/C18H15N5O/c19-14-8-2-1-7-13(14)18(24)23-22-17(15-9-3-5-11-20-15)16-10-4-6-12-21-16/h1-12H,19H2,(H,23,24). The maximum absolute atomic E-state index is 12.3. The summed E-state index contributed by atoms with van der Waals surface area (Å²) in [4.78, 5) is 20.8. The smallest absolute Gasteiger partial charge is 0.273 e. The molecule has 0 saturated heterocycles. The van der Waals surface area contributed by atoms with E-state index >= 15 is 0 Å². The summed E-state index contributed by atoms with van der Waals surface area (Å²) < 4.78 is 0. The highest BCUT2D eigenvalue weighted by Crippen LogP contribution is 2.10. The Bertz CT molecular complexity index is 821. The number of hydrazone groups is 1. The molecule has 24 heavy (non-hydrogen) atoms. The summed E-state index contributed by atoms with van der Waals surface area (Å²) in [6.07, 6.45) is 3.32. The van der Waals surface area contributed by atoms with Crippen molar-refractivity contribution in [2.24, 2.45) is 5.10 Å². The van der Waals surface area contributed by atoms with E-state index in [2.05, 4.69) is 20.5 Å². The Hall–Kier alpha value is -3.54. The van der Waals surface area contributed by atoms with Crippen LogP contribution < -0.4 is 11.2 Å². The average molecular weight is 317 g/mol. The Kier molecular flexibility index (Phi) is 4.57. The summed E-state index contributed by atoms with van der Waals surface area (Å²) >= 11 is 0. The first-order valence-electron chi connectivity index (χ1n) is 7.31. The molecule has 2 aromatic heterocycles. The third-order valence-electron chi connectivity index (χ3n) is 3.29. The predicted molar refractivity (Wildman–Crippen MR) is 92.4 cm³/mol. The van der Waals surface area contributed by atoms with Crippen molar-refractivity contribution < 1.29 is 4.79 Å². The Labute approximate surface area is 139 Å². The molecule has 1 aromatic carbocycles. The van der Waals surface area contributed by atoms with Gasteiger partial charge in [-0.15, -0.1) is 0 Å². The zero-order chi connectivity index (χ0) is 16.8. The second kappa shape index (κ2) is 7.15. The van der Waals surface area contributed by atoms with Gasteiger partial charge in [0.15, 0.2) is 0 Å². The van der Waals surface area contributed by atoms with Crippen molar-refractivity contribution in [2.45, 2.75) is 0 Å². The third kappa shape index (κ3) is 3.44. The third-order valence-corrected chi connectivity index (χ3v) is 3.29. The molecule has 2 heterocycles. The second-order valence-electron chi connectivity index (χ2n) is 4.92. The Balaban J connectivity index is 1.93. The molecule has 0 aliphatic heterocycles. The number of nitrogens with zero attached hydrogens (tertiary/aromatic N) is 3. The van der Waals surface area contributed by atoms with Gasteiger partial charge < -0.3 is 5.73 Å². The first-order chi connectivity index (χ1) is 11.8. The van der Waals surface area contributed by atoms with Crippen LogP contribution in [-0.2, 0) is 0 Å². The molecule has 0 spiro atoms. The first kappa shape index (κ1) is 15.4. The number of nitrogens with two attached hydrogens (primary N) is 1. The second-order valence-corrected chi connectivity index (χ2v) is 4.92. The highest BCUT2D eigenvalue weighted by atomic mass is 16.2. The Morgan fingerprint density at radius 1 is 0.875 bits per heavy atom. The van der Waals surface area contributed by atoms with Gasteiger partial charge in [-0.1, -0.05) is 24.3 Å². The van der Waals surface area contributed by atoms with Gasteiger partial charge in [0.2, 0.25) is 0 Å². The van der Waals surface area contributed by atoms with E-state index in [1.54, 1.807) is 48.8 Å². The van der Waals surface area contributed by atoms with Crippen molar-refractivity contribution in [3.05, 3.63) is 90.0 Å². The first-order valence-corrected chi connectivity index (χ1v) is 7.31. The lowest BCUT2D eigenvalue weighted by atomic mass is 10.1. The molecule has 118 valence electrons. The number of hydrogen-bond acceptors (Lipinski definition) is 5. The van der Waals surface area contributed by atoms with E-state index < -0.39 is 5.91 Å². The molecular weight excluding hydrogens is 302 g/mol. The van der Waals surface area contributed by atoms with Crippen LogP contribution in [0.25, 0.3) is 0 Å². The molecule has 0 radical (unpaired) electrons. The fourth-order valence-electron chi connectivity index (χ4n) is 2.12. The monoisotopic (exact) mass is 317 g/mol. The number of rotatable bonds is 4. The molecule has 0 aliphatic rings. The van der Waals surface area contributed by atoms with Crippen LogP contribution in [0.5, 0.6) is 0 Å². The molecule has 0 unspecified atom stereocenters. The van der Waals surface area contributed by atoms with Crippen molar-refractivity contribution in [3.63, 3.8) is 0 Å². The van der Waals surface area contributed by atoms with Crippen molar-refractivity contribution in [1.29, 1.82) is 0 Å². The average Bonchev–Trinajstić information content (AvgIpc) is 2.64. The number of carbonyl (C=O) groups excluding carboxylic acids is 1. The van der Waals surface area contributed by atoms with E-state index in [1.807, 2.05) is 24.3 Å². The molecule has 6 nitrogen and oxygen atoms in total. The van der Waals surface area contributed by atoms with Crippen molar-refractivity contribution in [2.75, 3.05) is 5.73 Å². The zero-order valence-electron chi connectivity index (χ0n) is 12.8. The fraction of sp³-hybridized carbons (Fsp3) is 0. The number of anilines is 1. The number of para-hydroxylation sites is 1. The predicted octanol–water partition coefficient (Wildman–Crippen LogP) is 2.24. The van der Waals surface area contributed by atoms with Gasteiger partial charge in [0.25, 0.3) is 5.91 Å². The number of hydrogen-bond donors (Lipinski definition) is 2. The highest BCUT2D eigenvalue weighted by molar-refractivity contribution is 6.11. The van der Waals surface area contributed by atoms with Crippen LogP contribution in [0.1, 0.15) is 21.7 Å². The number of amides is 1. The van der Waals surface area contributed by atoms with Crippen LogP contribution in [0.4, 0.5) is 5.69 Å². The van der Waals surface area contributed by atoms with E-state index in [0.29, 0.717) is 28.4 Å². The number of pyridine rings is 2. The number of aromatic nitrogens is 2. The van der Waals surface area contributed by atoms with Crippen molar-refractivity contribution in [1.82, 2.24) is 15.4 Å².